The molecular formula is C34H22N6O2S. The van der Waals surface area contributed by atoms with Crippen molar-refractivity contribution in [2.45, 2.75) is 0 Å². The van der Waals surface area contributed by atoms with Crippen LogP contribution in [0.4, 0.5) is 0 Å². The van der Waals surface area contributed by atoms with Crippen LogP contribution in [0.1, 0.15) is 0 Å². The van der Waals surface area contributed by atoms with Gasteiger partial charge in [-0.3, -0.25) is 0 Å². The predicted octanol–water partition coefficient (Wildman–Crippen LogP) is 7.53. The van der Waals surface area contributed by atoms with Gasteiger partial charge in [-0.1, -0.05) is 84.9 Å². The number of rotatable bonds is 6. The largest absolute Gasteiger partial charge is 0.507 e. The molecule has 7 aromatic rings. The third kappa shape index (κ3) is 5.32. The van der Waals surface area contributed by atoms with Crippen molar-refractivity contribution in [2.75, 3.05) is 0 Å². The molecule has 9 heteroatoms. The average Bonchev–Trinajstić information content (AvgIpc) is 3.56. The van der Waals surface area contributed by atoms with Crippen molar-refractivity contribution < 1.29 is 10.2 Å². The van der Waals surface area contributed by atoms with Gasteiger partial charge in [0.05, 0.1) is 20.9 Å². The zero-order valence-electron chi connectivity index (χ0n) is 22.5. The van der Waals surface area contributed by atoms with Crippen LogP contribution >= 0.6 is 11.3 Å². The van der Waals surface area contributed by atoms with E-state index in [0.29, 0.717) is 46.1 Å². The van der Waals surface area contributed by atoms with Crippen LogP contribution in [0, 0.1) is 0 Å². The molecule has 0 atom stereocenters. The summed E-state index contributed by atoms with van der Waals surface area (Å²) in [4.78, 5) is 30.0. The fourth-order valence-corrected chi connectivity index (χ4v) is 5.42. The first-order valence-electron chi connectivity index (χ1n) is 13.4. The third-order valence-corrected chi connectivity index (χ3v) is 7.75. The van der Waals surface area contributed by atoms with E-state index in [2.05, 4.69) is 9.97 Å². The van der Waals surface area contributed by atoms with Gasteiger partial charge in [-0.2, -0.15) is 0 Å². The van der Waals surface area contributed by atoms with E-state index >= 15 is 0 Å². The lowest BCUT2D eigenvalue weighted by molar-refractivity contribution is 0.476. The van der Waals surface area contributed by atoms with Gasteiger partial charge < -0.3 is 10.2 Å². The van der Waals surface area contributed by atoms with E-state index in [1.54, 1.807) is 36.4 Å². The third-order valence-electron chi connectivity index (χ3n) is 6.67. The van der Waals surface area contributed by atoms with E-state index in [9.17, 15) is 10.2 Å². The Labute approximate surface area is 250 Å². The normalized spacial score (nSPS) is 11.0. The standard InChI is InChI=1S/C34H22N6O2S/c41-25-17-9-7-15-23(25)31-35-29(21-11-3-1-4-12-21)37-33(39-31)27-19-20-28(43-27)34-38-30(22-13-5-2-6-14-22)36-32(40-34)24-16-8-10-18-26(24)42/h1-20,41-42H. The summed E-state index contributed by atoms with van der Waals surface area (Å²) in [5.41, 5.74) is 2.68. The highest BCUT2D eigenvalue weighted by atomic mass is 32.1. The second kappa shape index (κ2) is 11.2. The molecule has 0 aliphatic carbocycles. The predicted molar refractivity (Wildman–Crippen MR) is 167 cm³/mol. The van der Waals surface area contributed by atoms with E-state index in [1.165, 1.54) is 11.3 Å². The summed E-state index contributed by atoms with van der Waals surface area (Å²) in [6.07, 6.45) is 0. The molecule has 0 bridgehead atoms. The van der Waals surface area contributed by atoms with Crippen LogP contribution in [0.25, 0.3) is 67.0 Å². The molecule has 0 aliphatic rings. The van der Waals surface area contributed by atoms with Crippen LogP contribution in [0.5, 0.6) is 11.5 Å². The lowest BCUT2D eigenvalue weighted by atomic mass is 10.1. The van der Waals surface area contributed by atoms with E-state index in [-0.39, 0.29) is 11.5 Å². The van der Waals surface area contributed by atoms with Crippen LogP contribution in [0.3, 0.4) is 0 Å². The molecule has 7 rings (SSSR count). The Bertz CT molecular complexity index is 1920. The zero-order chi connectivity index (χ0) is 29.2. The number of hydrogen-bond donors (Lipinski definition) is 2. The number of aromatic hydroxyl groups is 2. The lowest BCUT2D eigenvalue weighted by Crippen LogP contribution is -1.99. The minimum absolute atomic E-state index is 0.0841. The number of aromatic nitrogens is 6. The summed E-state index contributed by atoms with van der Waals surface area (Å²) in [7, 11) is 0. The van der Waals surface area contributed by atoms with Gasteiger partial charge in [0.25, 0.3) is 0 Å². The Kier molecular flexibility index (Phi) is 6.82. The second-order valence-electron chi connectivity index (χ2n) is 9.54. The Morgan fingerprint density at radius 3 is 1.12 bits per heavy atom. The van der Waals surface area contributed by atoms with Crippen LogP contribution in [0.2, 0.25) is 0 Å². The maximum Gasteiger partial charge on any atom is 0.174 e. The molecule has 4 aromatic carbocycles. The molecule has 0 unspecified atom stereocenters. The number of thiophene rings is 1. The van der Waals surface area contributed by atoms with Crippen LogP contribution in [0.15, 0.2) is 121 Å². The van der Waals surface area contributed by atoms with Gasteiger partial charge >= 0.3 is 0 Å². The topological polar surface area (TPSA) is 118 Å². The maximum atomic E-state index is 10.6. The lowest BCUT2D eigenvalue weighted by Gasteiger charge is -2.09. The van der Waals surface area contributed by atoms with Crippen LogP contribution in [-0.4, -0.2) is 40.1 Å². The molecule has 0 amide bonds. The summed E-state index contributed by atoms with van der Waals surface area (Å²) in [5, 5.41) is 21.1. The number of phenolic OH excluding ortho intramolecular Hbond substituents is 2. The van der Waals surface area contributed by atoms with Crippen molar-refractivity contribution in [3.05, 3.63) is 121 Å². The van der Waals surface area contributed by atoms with E-state index in [1.807, 2.05) is 84.9 Å². The molecular weight excluding hydrogens is 556 g/mol. The van der Waals surface area contributed by atoms with Gasteiger partial charge in [0.15, 0.2) is 34.9 Å². The molecule has 0 spiro atoms. The maximum absolute atomic E-state index is 10.6. The van der Waals surface area contributed by atoms with Gasteiger partial charge in [-0.25, -0.2) is 29.9 Å². The van der Waals surface area contributed by atoms with Gasteiger partial charge in [-0.05, 0) is 36.4 Å². The molecule has 0 radical (unpaired) electrons. The summed E-state index contributed by atoms with van der Waals surface area (Å²) >= 11 is 1.43. The molecule has 0 saturated carbocycles. The molecule has 8 nitrogen and oxygen atoms in total. The van der Waals surface area contributed by atoms with Crippen molar-refractivity contribution in [3.63, 3.8) is 0 Å². The van der Waals surface area contributed by atoms with E-state index in [4.69, 9.17) is 19.9 Å². The smallest absolute Gasteiger partial charge is 0.174 e. The molecule has 0 aliphatic heterocycles. The zero-order valence-corrected chi connectivity index (χ0v) is 23.3. The number of nitrogens with zero attached hydrogens (tertiary/aromatic N) is 6. The number of para-hydroxylation sites is 2. The highest BCUT2D eigenvalue weighted by Gasteiger charge is 2.19. The first kappa shape index (κ1) is 26.1. The Hall–Kier alpha value is -5.80. The Morgan fingerprint density at radius 2 is 0.698 bits per heavy atom. The Morgan fingerprint density at radius 1 is 0.349 bits per heavy atom. The van der Waals surface area contributed by atoms with Crippen molar-refractivity contribution in [1.82, 2.24) is 29.9 Å². The highest BCUT2D eigenvalue weighted by molar-refractivity contribution is 7.18. The van der Waals surface area contributed by atoms with Crippen molar-refractivity contribution in [1.29, 1.82) is 0 Å². The monoisotopic (exact) mass is 578 g/mol. The molecule has 3 heterocycles. The molecule has 0 saturated heterocycles. The number of benzene rings is 4. The number of hydrogen-bond acceptors (Lipinski definition) is 9. The second-order valence-corrected chi connectivity index (χ2v) is 10.6. The van der Waals surface area contributed by atoms with Gasteiger partial charge in [0.2, 0.25) is 0 Å². The van der Waals surface area contributed by atoms with Gasteiger partial charge in [-0.15, -0.1) is 11.3 Å². The van der Waals surface area contributed by atoms with Gasteiger partial charge in [0.1, 0.15) is 11.5 Å². The SMILES string of the molecule is Oc1ccccc1-c1nc(-c2ccccc2)nc(-c2ccc(-c3nc(-c4ccccc4)nc(-c4ccccc4O)n3)s2)n1. The fourth-order valence-electron chi connectivity index (χ4n) is 4.55. The number of phenols is 2. The van der Waals surface area contributed by atoms with Gasteiger partial charge in [0, 0.05) is 11.1 Å². The average molecular weight is 579 g/mol. The van der Waals surface area contributed by atoms with Crippen LogP contribution < -0.4 is 0 Å². The highest BCUT2D eigenvalue weighted by Crippen LogP contribution is 2.36. The molecule has 0 fully saturated rings. The minimum atomic E-state index is 0.0841. The Balaban J connectivity index is 1.36. The minimum Gasteiger partial charge on any atom is -0.507 e. The van der Waals surface area contributed by atoms with Crippen LogP contribution in [-0.2, 0) is 0 Å². The quantitative estimate of drug-likeness (QED) is 0.208. The first-order valence-corrected chi connectivity index (χ1v) is 14.2. The molecule has 3 aromatic heterocycles. The van der Waals surface area contributed by atoms with E-state index < -0.39 is 0 Å². The fraction of sp³-hybridized carbons (Fsp3) is 0. The van der Waals surface area contributed by atoms with Crippen molar-refractivity contribution in [2.24, 2.45) is 0 Å². The van der Waals surface area contributed by atoms with Crippen molar-refractivity contribution in [3.8, 4) is 78.5 Å². The molecule has 2 N–H and O–H groups in total. The molecule has 43 heavy (non-hydrogen) atoms. The van der Waals surface area contributed by atoms with Crippen molar-refractivity contribution >= 4 is 11.3 Å². The summed E-state index contributed by atoms with van der Waals surface area (Å²) in [6.45, 7) is 0. The molecule has 206 valence electrons. The first-order chi connectivity index (χ1) is 21.1. The summed E-state index contributed by atoms with van der Waals surface area (Å²) in [6, 6.07) is 37.1. The van der Waals surface area contributed by atoms with E-state index in [0.717, 1.165) is 20.9 Å². The summed E-state index contributed by atoms with van der Waals surface area (Å²) in [5.74, 6) is 2.81. The summed E-state index contributed by atoms with van der Waals surface area (Å²) < 4.78 is 0.